The van der Waals surface area contributed by atoms with Crippen LogP contribution >= 0.6 is 11.3 Å². The van der Waals surface area contributed by atoms with E-state index in [0.29, 0.717) is 0 Å². The summed E-state index contributed by atoms with van der Waals surface area (Å²) in [7, 11) is 0. The fourth-order valence-corrected chi connectivity index (χ4v) is 7.99. The number of hydrogen-bond donors (Lipinski definition) is 0. The van der Waals surface area contributed by atoms with Crippen molar-refractivity contribution in [3.05, 3.63) is 161 Å². The molecule has 0 atom stereocenters. The molecule has 0 radical (unpaired) electrons. The molecule has 0 fully saturated rings. The molecule has 0 saturated carbocycles. The second-order valence-corrected chi connectivity index (χ2v) is 12.4. The van der Waals surface area contributed by atoms with Crippen LogP contribution in [0.1, 0.15) is 24.0 Å². The third-order valence-electron chi connectivity index (χ3n) is 8.78. The Balaban J connectivity index is 1.35. The molecular formula is C41H27NOS. The molecule has 0 bridgehead atoms. The zero-order valence-electron chi connectivity index (χ0n) is 24.0. The first-order valence-electron chi connectivity index (χ1n) is 15.1. The van der Waals surface area contributed by atoms with E-state index >= 15 is 0 Å². The van der Waals surface area contributed by atoms with Gasteiger partial charge >= 0.3 is 0 Å². The van der Waals surface area contributed by atoms with Gasteiger partial charge in [-0.05, 0) is 58.5 Å². The largest absolute Gasteiger partial charge is 0.455 e. The van der Waals surface area contributed by atoms with Crippen LogP contribution in [-0.4, -0.2) is 0 Å². The number of para-hydroxylation sites is 1. The van der Waals surface area contributed by atoms with Gasteiger partial charge in [0.25, 0.3) is 0 Å². The molecule has 44 heavy (non-hydrogen) atoms. The maximum atomic E-state index is 6.95. The van der Waals surface area contributed by atoms with Gasteiger partial charge in [0.05, 0.1) is 15.6 Å². The molecule has 0 N–H and O–H groups in total. The first kappa shape index (κ1) is 25.3. The van der Waals surface area contributed by atoms with Crippen molar-refractivity contribution in [2.75, 3.05) is 0 Å². The predicted octanol–water partition coefficient (Wildman–Crippen LogP) is 10.3. The van der Waals surface area contributed by atoms with Crippen LogP contribution in [0.5, 0.6) is 0 Å². The van der Waals surface area contributed by atoms with Crippen LogP contribution in [0.15, 0.2) is 149 Å². The molecule has 9 rings (SSSR count). The van der Waals surface area contributed by atoms with Gasteiger partial charge in [-0.1, -0.05) is 121 Å². The quantitative estimate of drug-likeness (QED) is 0.204. The van der Waals surface area contributed by atoms with Crippen LogP contribution in [0, 0.1) is 0 Å². The zero-order chi connectivity index (χ0) is 29.0. The van der Waals surface area contributed by atoms with Crippen molar-refractivity contribution in [3.63, 3.8) is 0 Å². The van der Waals surface area contributed by atoms with Crippen LogP contribution in [0.25, 0.3) is 65.2 Å². The fourth-order valence-electron chi connectivity index (χ4n) is 6.75. The molecule has 1 aliphatic rings. The number of furan rings is 1. The second kappa shape index (κ2) is 10.2. The molecule has 8 aromatic rings. The average molecular weight is 582 g/mol. The maximum absolute atomic E-state index is 6.95. The van der Waals surface area contributed by atoms with Crippen molar-refractivity contribution in [3.8, 4) is 11.1 Å². The number of allylic oxidation sites excluding steroid dienone is 1. The molecule has 3 heteroatoms. The number of thiophene rings is 1. The van der Waals surface area contributed by atoms with Crippen LogP contribution < -0.4 is 9.89 Å². The summed E-state index contributed by atoms with van der Waals surface area (Å²) in [6, 6.07) is 47.4. The van der Waals surface area contributed by atoms with Gasteiger partial charge in [0.2, 0.25) is 0 Å². The van der Waals surface area contributed by atoms with Crippen molar-refractivity contribution < 1.29 is 4.42 Å². The van der Waals surface area contributed by atoms with Gasteiger partial charge in [-0.3, -0.25) is 0 Å². The fraction of sp³-hybridized carbons (Fsp3) is 0.0488. The van der Waals surface area contributed by atoms with Gasteiger partial charge < -0.3 is 4.42 Å². The summed E-state index contributed by atoms with van der Waals surface area (Å²) in [5.41, 5.74) is 8.74. The normalized spacial score (nSPS) is 14.8. The van der Waals surface area contributed by atoms with Crippen molar-refractivity contribution >= 4 is 65.4 Å². The Labute approximate surface area is 258 Å². The molecule has 6 aromatic carbocycles. The van der Waals surface area contributed by atoms with Crippen molar-refractivity contribution in [1.29, 1.82) is 0 Å². The summed E-state index contributed by atoms with van der Waals surface area (Å²) >= 11 is 1.85. The highest BCUT2D eigenvalue weighted by atomic mass is 32.1. The van der Waals surface area contributed by atoms with E-state index in [1.807, 2.05) is 11.3 Å². The number of benzene rings is 6. The van der Waals surface area contributed by atoms with Crippen LogP contribution in [0.2, 0.25) is 0 Å². The minimum absolute atomic E-state index is 0.888. The van der Waals surface area contributed by atoms with E-state index in [1.54, 1.807) is 0 Å². The molecule has 208 valence electrons. The molecular weight excluding hydrogens is 555 g/mol. The van der Waals surface area contributed by atoms with Crippen LogP contribution in [0.4, 0.5) is 0 Å². The van der Waals surface area contributed by atoms with E-state index in [-0.39, 0.29) is 0 Å². The maximum Gasteiger partial charge on any atom is 0.144 e. The minimum Gasteiger partial charge on any atom is -0.455 e. The highest BCUT2D eigenvalue weighted by molar-refractivity contribution is 7.17. The molecule has 2 aromatic heterocycles. The number of fused-ring (bicyclic) bond motifs is 7. The summed E-state index contributed by atoms with van der Waals surface area (Å²) < 4.78 is 9.47. The standard InChI is InChI=1S/C41H27NOS/c1-3-13-26(14-4-1)30-20-12-23-35(42-38-33-19-9-10-24-36(33)44-41(30)38)32-22-11-21-31-34-25-28-17-7-8-18-29(28)37(40(34)43-39(31)32)27-15-5-2-6-16-27/h1-11,13-19,21-25H,12,20H2/b35-23?,41-30-,42-38?. The Morgan fingerprint density at radius 2 is 1.30 bits per heavy atom. The molecule has 3 heterocycles. The second-order valence-electron chi connectivity index (χ2n) is 11.4. The minimum atomic E-state index is 0.888. The van der Waals surface area contributed by atoms with Crippen molar-refractivity contribution in [2.24, 2.45) is 4.99 Å². The van der Waals surface area contributed by atoms with Gasteiger partial charge in [0.1, 0.15) is 11.2 Å². The number of hydrogen-bond acceptors (Lipinski definition) is 3. The molecule has 1 aliphatic heterocycles. The first-order chi connectivity index (χ1) is 21.8. The summed E-state index contributed by atoms with van der Waals surface area (Å²) in [6.45, 7) is 0. The Kier molecular flexibility index (Phi) is 5.85. The lowest BCUT2D eigenvalue weighted by Gasteiger charge is -2.10. The van der Waals surface area contributed by atoms with Gasteiger partial charge in [0.15, 0.2) is 0 Å². The smallest absolute Gasteiger partial charge is 0.144 e. The Morgan fingerprint density at radius 1 is 0.591 bits per heavy atom. The third kappa shape index (κ3) is 3.97. The summed E-state index contributed by atoms with van der Waals surface area (Å²) in [5.74, 6) is 0. The SMILES string of the molecule is C1=C(c2cccc3c2oc2c(-c4ccccc4)c4ccccc4cc23)N=c2/c(sc3ccccc23)=C(/c2ccccc2)CC1. The van der Waals surface area contributed by atoms with E-state index < -0.39 is 0 Å². The first-order valence-corrected chi connectivity index (χ1v) is 15.9. The summed E-state index contributed by atoms with van der Waals surface area (Å²) in [4.78, 5) is 5.48. The van der Waals surface area contributed by atoms with E-state index in [9.17, 15) is 0 Å². The number of nitrogens with zero attached hydrogens (tertiary/aromatic N) is 1. The van der Waals surface area contributed by atoms with Gasteiger partial charge in [-0.25, -0.2) is 4.99 Å². The Morgan fingerprint density at radius 3 is 2.14 bits per heavy atom. The molecule has 0 spiro atoms. The zero-order valence-corrected chi connectivity index (χ0v) is 24.8. The van der Waals surface area contributed by atoms with Gasteiger partial charge in [-0.2, -0.15) is 0 Å². The van der Waals surface area contributed by atoms with Crippen molar-refractivity contribution in [1.82, 2.24) is 0 Å². The lowest BCUT2D eigenvalue weighted by molar-refractivity contribution is 0.669. The predicted molar refractivity (Wildman–Crippen MR) is 185 cm³/mol. The van der Waals surface area contributed by atoms with Crippen LogP contribution in [0.3, 0.4) is 0 Å². The highest BCUT2D eigenvalue weighted by Gasteiger charge is 2.20. The molecule has 0 saturated heterocycles. The van der Waals surface area contributed by atoms with Gasteiger partial charge in [-0.15, -0.1) is 11.3 Å². The number of rotatable bonds is 3. The molecule has 2 nitrogen and oxygen atoms in total. The van der Waals surface area contributed by atoms with E-state index in [0.717, 1.165) is 62.5 Å². The molecule has 0 unspecified atom stereocenters. The Hall–Kier alpha value is -5.25. The Bertz CT molecular complexity index is 2540. The summed E-state index contributed by atoms with van der Waals surface area (Å²) in [5, 5.41) is 6.90. The lowest BCUT2D eigenvalue weighted by atomic mass is 9.95. The molecule has 0 aliphatic carbocycles. The highest BCUT2D eigenvalue weighted by Crippen LogP contribution is 2.43. The lowest BCUT2D eigenvalue weighted by Crippen LogP contribution is -2.23. The third-order valence-corrected chi connectivity index (χ3v) is 10.00. The summed E-state index contributed by atoms with van der Waals surface area (Å²) in [6.07, 6.45) is 4.14. The van der Waals surface area contributed by atoms with Crippen LogP contribution in [-0.2, 0) is 0 Å². The average Bonchev–Trinajstić information content (AvgIpc) is 3.62. The topological polar surface area (TPSA) is 25.5 Å². The van der Waals surface area contributed by atoms with E-state index in [2.05, 4.69) is 140 Å². The monoisotopic (exact) mass is 581 g/mol. The van der Waals surface area contributed by atoms with E-state index in [1.165, 1.54) is 36.5 Å². The van der Waals surface area contributed by atoms with Crippen molar-refractivity contribution in [2.45, 2.75) is 12.8 Å². The van der Waals surface area contributed by atoms with E-state index in [4.69, 9.17) is 9.41 Å². The molecule has 0 amide bonds. The van der Waals surface area contributed by atoms with Gasteiger partial charge in [0, 0.05) is 32.0 Å².